The molecule has 0 saturated heterocycles. The molecule has 124 valence electrons. The topological polar surface area (TPSA) is 43.6 Å². The van der Waals surface area contributed by atoms with Crippen LogP contribution in [0.25, 0.3) is 11.0 Å². The summed E-state index contributed by atoms with van der Waals surface area (Å²) in [5, 5.41) is 5.25. The van der Waals surface area contributed by atoms with Crippen molar-refractivity contribution in [3.63, 3.8) is 0 Å². The zero-order chi connectivity index (χ0) is 16.5. The molecule has 0 bridgehead atoms. The van der Waals surface area contributed by atoms with Crippen LogP contribution in [-0.4, -0.2) is 13.7 Å². The van der Waals surface area contributed by atoms with Crippen LogP contribution in [0.1, 0.15) is 23.8 Å². The minimum absolute atomic E-state index is 0.197. The first-order valence-electron chi connectivity index (χ1n) is 7.96. The molecule has 4 nitrogen and oxygen atoms in total. The minimum Gasteiger partial charge on any atom is -0.493 e. The van der Waals surface area contributed by atoms with E-state index in [2.05, 4.69) is 11.4 Å². The average Bonchev–Trinajstić information content (AvgIpc) is 3.03. The van der Waals surface area contributed by atoms with Gasteiger partial charge in [0, 0.05) is 23.4 Å². The van der Waals surface area contributed by atoms with Gasteiger partial charge in [0.25, 0.3) is 0 Å². The molecule has 1 aliphatic rings. The summed E-state index contributed by atoms with van der Waals surface area (Å²) < 4.78 is 17.0. The molecule has 1 aliphatic heterocycles. The van der Waals surface area contributed by atoms with E-state index in [4.69, 9.17) is 25.5 Å². The zero-order valence-electron chi connectivity index (χ0n) is 13.3. The van der Waals surface area contributed by atoms with Gasteiger partial charge >= 0.3 is 0 Å². The van der Waals surface area contributed by atoms with Crippen LogP contribution in [0.15, 0.2) is 46.9 Å². The first kappa shape index (κ1) is 15.4. The molecule has 0 spiro atoms. The molecule has 5 heteroatoms. The fourth-order valence-electron chi connectivity index (χ4n) is 3.16. The van der Waals surface area contributed by atoms with Gasteiger partial charge in [0.05, 0.1) is 25.3 Å². The van der Waals surface area contributed by atoms with Crippen LogP contribution >= 0.6 is 11.6 Å². The molecule has 1 aromatic heterocycles. The molecule has 0 radical (unpaired) electrons. The molecule has 0 saturated carbocycles. The second-order valence-corrected chi connectivity index (χ2v) is 6.23. The molecule has 0 amide bonds. The van der Waals surface area contributed by atoms with Gasteiger partial charge in [0.1, 0.15) is 11.5 Å². The first-order valence-corrected chi connectivity index (χ1v) is 8.34. The number of nitrogens with one attached hydrogen (secondary N) is 1. The summed E-state index contributed by atoms with van der Waals surface area (Å²) >= 11 is 6.23. The summed E-state index contributed by atoms with van der Waals surface area (Å²) in [6.45, 7) is 1.29. The van der Waals surface area contributed by atoms with E-state index < -0.39 is 0 Å². The van der Waals surface area contributed by atoms with Gasteiger partial charge in [0.15, 0.2) is 11.3 Å². The Morgan fingerprint density at radius 2 is 2.12 bits per heavy atom. The summed E-state index contributed by atoms with van der Waals surface area (Å²) in [6, 6.07) is 14.0. The Balaban J connectivity index is 1.55. The van der Waals surface area contributed by atoms with Crippen LogP contribution in [-0.2, 0) is 6.54 Å². The quantitative estimate of drug-likeness (QED) is 0.745. The molecule has 0 aliphatic carbocycles. The molecule has 2 heterocycles. The number of para-hydroxylation sites is 2. The summed E-state index contributed by atoms with van der Waals surface area (Å²) in [5.74, 6) is 2.42. The summed E-state index contributed by atoms with van der Waals surface area (Å²) in [6.07, 6.45) is 0.900. The van der Waals surface area contributed by atoms with Crippen molar-refractivity contribution in [2.75, 3.05) is 13.7 Å². The standard InChI is InChI=1S/C19H18ClNO3/c1-22-17-7-2-4-12-10-13(24-18(12)17)11-21-16-8-9-23-19-14(16)5-3-6-15(19)20/h2-7,10,16,21H,8-9,11H2,1H3/t16-/m0/s1. The molecule has 4 rings (SSSR count). The van der Waals surface area contributed by atoms with Gasteiger partial charge in [-0.15, -0.1) is 0 Å². The Bertz CT molecular complexity index is 874. The smallest absolute Gasteiger partial charge is 0.176 e. The molecule has 1 N–H and O–H groups in total. The number of fused-ring (bicyclic) bond motifs is 2. The molecular weight excluding hydrogens is 326 g/mol. The second-order valence-electron chi connectivity index (χ2n) is 5.82. The lowest BCUT2D eigenvalue weighted by molar-refractivity contribution is 0.250. The maximum absolute atomic E-state index is 6.23. The summed E-state index contributed by atoms with van der Waals surface area (Å²) in [4.78, 5) is 0. The van der Waals surface area contributed by atoms with Gasteiger partial charge in [-0.25, -0.2) is 0 Å². The van der Waals surface area contributed by atoms with E-state index in [1.54, 1.807) is 7.11 Å². The molecular formula is C19H18ClNO3. The third kappa shape index (κ3) is 2.72. The van der Waals surface area contributed by atoms with Crippen molar-refractivity contribution < 1.29 is 13.9 Å². The van der Waals surface area contributed by atoms with Gasteiger partial charge in [-0.2, -0.15) is 0 Å². The number of hydrogen-bond acceptors (Lipinski definition) is 4. The predicted octanol–water partition coefficient (Wildman–Crippen LogP) is 4.71. The first-order chi connectivity index (χ1) is 11.8. The maximum Gasteiger partial charge on any atom is 0.176 e. The third-order valence-corrected chi connectivity index (χ3v) is 4.63. The van der Waals surface area contributed by atoms with E-state index in [-0.39, 0.29) is 6.04 Å². The summed E-state index contributed by atoms with van der Waals surface area (Å²) in [7, 11) is 1.65. The van der Waals surface area contributed by atoms with E-state index in [1.165, 1.54) is 0 Å². The fraction of sp³-hybridized carbons (Fsp3) is 0.263. The highest BCUT2D eigenvalue weighted by atomic mass is 35.5. The Morgan fingerprint density at radius 3 is 3.00 bits per heavy atom. The number of rotatable bonds is 4. The molecule has 1 atom stereocenters. The average molecular weight is 344 g/mol. The van der Waals surface area contributed by atoms with Crippen molar-refractivity contribution in [3.8, 4) is 11.5 Å². The van der Waals surface area contributed by atoms with Gasteiger partial charge in [0.2, 0.25) is 0 Å². The van der Waals surface area contributed by atoms with Crippen molar-refractivity contribution in [1.82, 2.24) is 5.32 Å². The monoisotopic (exact) mass is 343 g/mol. The molecule has 24 heavy (non-hydrogen) atoms. The number of halogens is 1. The van der Waals surface area contributed by atoms with Gasteiger partial charge in [-0.05, 0) is 18.2 Å². The molecule has 0 fully saturated rings. The Kier molecular flexibility index (Phi) is 4.08. The van der Waals surface area contributed by atoms with Crippen molar-refractivity contribution in [2.45, 2.75) is 19.0 Å². The second kappa shape index (κ2) is 6.38. The van der Waals surface area contributed by atoms with Crippen molar-refractivity contribution in [2.24, 2.45) is 0 Å². The SMILES string of the molecule is COc1cccc2cc(CN[C@H]3CCOc4c(Cl)cccc43)oc12. The van der Waals surface area contributed by atoms with Crippen LogP contribution in [0.4, 0.5) is 0 Å². The number of hydrogen-bond donors (Lipinski definition) is 1. The van der Waals surface area contributed by atoms with E-state index in [0.29, 0.717) is 18.2 Å². The molecule has 3 aromatic rings. The lowest BCUT2D eigenvalue weighted by atomic mass is 10.0. The highest BCUT2D eigenvalue weighted by molar-refractivity contribution is 6.32. The number of methoxy groups -OCH3 is 1. The van der Waals surface area contributed by atoms with E-state index in [9.17, 15) is 0 Å². The van der Waals surface area contributed by atoms with Gasteiger partial charge in [-0.3, -0.25) is 0 Å². The largest absolute Gasteiger partial charge is 0.493 e. The Hall–Kier alpha value is -2.17. The third-order valence-electron chi connectivity index (χ3n) is 4.33. The van der Waals surface area contributed by atoms with Crippen LogP contribution in [0.5, 0.6) is 11.5 Å². The lowest BCUT2D eigenvalue weighted by Gasteiger charge is -2.27. The highest BCUT2D eigenvalue weighted by Gasteiger charge is 2.23. The normalized spacial score (nSPS) is 16.7. The Morgan fingerprint density at radius 1 is 1.25 bits per heavy atom. The van der Waals surface area contributed by atoms with E-state index in [1.807, 2.05) is 36.4 Å². The van der Waals surface area contributed by atoms with Crippen LogP contribution < -0.4 is 14.8 Å². The fourth-order valence-corrected chi connectivity index (χ4v) is 3.40. The van der Waals surface area contributed by atoms with Crippen LogP contribution in [0.3, 0.4) is 0 Å². The van der Waals surface area contributed by atoms with Crippen molar-refractivity contribution >= 4 is 22.6 Å². The zero-order valence-corrected chi connectivity index (χ0v) is 14.1. The number of ether oxygens (including phenoxy) is 2. The van der Waals surface area contributed by atoms with E-state index in [0.717, 1.165) is 40.2 Å². The van der Waals surface area contributed by atoms with Gasteiger partial charge in [-0.1, -0.05) is 35.9 Å². The van der Waals surface area contributed by atoms with Crippen LogP contribution in [0.2, 0.25) is 5.02 Å². The van der Waals surface area contributed by atoms with Crippen molar-refractivity contribution in [3.05, 3.63) is 58.8 Å². The van der Waals surface area contributed by atoms with Crippen LogP contribution in [0, 0.1) is 0 Å². The molecule has 2 aromatic carbocycles. The van der Waals surface area contributed by atoms with E-state index >= 15 is 0 Å². The highest BCUT2D eigenvalue weighted by Crippen LogP contribution is 2.37. The summed E-state index contributed by atoms with van der Waals surface area (Å²) in [5.41, 5.74) is 1.88. The lowest BCUT2D eigenvalue weighted by Crippen LogP contribution is -2.26. The number of furan rings is 1. The number of benzene rings is 2. The molecule has 0 unspecified atom stereocenters. The minimum atomic E-state index is 0.197. The Labute approximate surface area is 145 Å². The maximum atomic E-state index is 6.23. The predicted molar refractivity (Wildman–Crippen MR) is 93.9 cm³/mol. The van der Waals surface area contributed by atoms with Crippen molar-refractivity contribution in [1.29, 1.82) is 0 Å². The van der Waals surface area contributed by atoms with Gasteiger partial charge < -0.3 is 19.2 Å².